The molecule has 2 heterocycles. The average molecular weight is 436 g/mol. The van der Waals surface area contributed by atoms with E-state index in [2.05, 4.69) is 26.2 Å². The Morgan fingerprint density at radius 3 is 2.73 bits per heavy atom. The van der Waals surface area contributed by atoms with Gasteiger partial charge in [0.25, 0.3) is 5.56 Å². The van der Waals surface area contributed by atoms with E-state index >= 15 is 0 Å². The van der Waals surface area contributed by atoms with Gasteiger partial charge in [0, 0.05) is 33.9 Å². The molecule has 0 saturated carbocycles. The van der Waals surface area contributed by atoms with Crippen LogP contribution in [0.1, 0.15) is 32.0 Å². The predicted octanol–water partition coefficient (Wildman–Crippen LogP) is 3.97. The summed E-state index contributed by atoms with van der Waals surface area (Å²) in [6.07, 6.45) is 0. The molecule has 0 spiro atoms. The highest BCUT2D eigenvalue weighted by Crippen LogP contribution is 2.29. The van der Waals surface area contributed by atoms with E-state index in [4.69, 9.17) is 0 Å². The number of carbonyl (C=O) groups excluding carboxylic acids is 1. The largest absolute Gasteiger partial charge is 0.326 e. The number of nitrogens with zero attached hydrogens (tertiary/aromatic N) is 2. The van der Waals surface area contributed by atoms with Crippen molar-refractivity contribution in [2.24, 2.45) is 5.92 Å². The van der Waals surface area contributed by atoms with Crippen LogP contribution in [0, 0.1) is 12.8 Å². The van der Waals surface area contributed by atoms with Gasteiger partial charge in [-0.15, -0.1) is 0 Å². The molecule has 0 radical (unpaired) electrons. The van der Waals surface area contributed by atoms with Crippen molar-refractivity contribution in [2.75, 3.05) is 11.1 Å². The van der Waals surface area contributed by atoms with Crippen LogP contribution in [-0.4, -0.2) is 21.2 Å². The van der Waals surface area contributed by atoms with Crippen molar-refractivity contribution >= 4 is 39.3 Å². The lowest BCUT2D eigenvalue weighted by Crippen LogP contribution is -2.37. The number of aryl methyl sites for hydroxylation is 1. The average Bonchev–Trinajstić information content (AvgIpc) is 2.56. The lowest BCUT2D eigenvalue weighted by molar-refractivity contribution is -0.119. The van der Waals surface area contributed by atoms with Gasteiger partial charge in [-0.05, 0) is 30.7 Å². The zero-order valence-electron chi connectivity index (χ0n) is 15.3. The first kappa shape index (κ1) is 19.2. The van der Waals surface area contributed by atoms with E-state index in [-0.39, 0.29) is 22.8 Å². The summed E-state index contributed by atoms with van der Waals surface area (Å²) in [6, 6.07) is 7.33. The summed E-state index contributed by atoms with van der Waals surface area (Å²) in [6.45, 7) is 8.43. The van der Waals surface area contributed by atoms with Crippen LogP contribution in [0.5, 0.6) is 0 Å². The number of benzene rings is 1. The van der Waals surface area contributed by atoms with Gasteiger partial charge >= 0.3 is 0 Å². The third kappa shape index (κ3) is 4.04. The summed E-state index contributed by atoms with van der Waals surface area (Å²) in [5.74, 6) is 0.275. The Bertz CT molecular complexity index is 918. The van der Waals surface area contributed by atoms with Gasteiger partial charge in [0.15, 0.2) is 5.16 Å². The fraction of sp³-hybridized carbons (Fsp3) is 0.421. The van der Waals surface area contributed by atoms with Crippen molar-refractivity contribution in [3.05, 3.63) is 50.3 Å². The molecule has 1 atom stereocenters. The van der Waals surface area contributed by atoms with E-state index in [0.717, 1.165) is 21.4 Å². The fourth-order valence-corrected chi connectivity index (χ4v) is 4.32. The first-order valence-electron chi connectivity index (χ1n) is 8.47. The fourth-order valence-electron chi connectivity index (χ4n) is 2.76. The number of anilines is 1. The number of amides is 1. The van der Waals surface area contributed by atoms with Crippen LogP contribution in [0.25, 0.3) is 0 Å². The second-order valence-electron chi connectivity index (χ2n) is 7.58. The van der Waals surface area contributed by atoms with Crippen molar-refractivity contribution in [1.29, 1.82) is 0 Å². The number of aromatic nitrogens is 2. The maximum Gasteiger partial charge on any atom is 0.254 e. The van der Waals surface area contributed by atoms with Gasteiger partial charge in [-0.25, -0.2) is 4.98 Å². The van der Waals surface area contributed by atoms with E-state index in [1.54, 1.807) is 10.6 Å². The van der Waals surface area contributed by atoms with Crippen LogP contribution in [0.2, 0.25) is 0 Å². The highest BCUT2D eigenvalue weighted by atomic mass is 79.9. The highest BCUT2D eigenvalue weighted by molar-refractivity contribution is 9.10. The Kier molecular flexibility index (Phi) is 5.30. The number of fused-ring (bicyclic) bond motifs is 1. The van der Waals surface area contributed by atoms with Crippen LogP contribution in [0.15, 0.2) is 38.7 Å². The van der Waals surface area contributed by atoms with Gasteiger partial charge in [0.05, 0.1) is 11.6 Å². The standard InChI is InChI=1S/C19H22BrN3O2S/c1-11-7-13(20)5-6-14(11)21-17(25)12-9-23-16(24)8-15(19(2,3)4)22-18(23)26-10-12/h5-8,12H,9-10H2,1-4H3,(H,21,25). The smallest absolute Gasteiger partial charge is 0.254 e. The molecule has 3 rings (SSSR count). The van der Waals surface area contributed by atoms with Crippen molar-refractivity contribution in [3.8, 4) is 0 Å². The monoisotopic (exact) mass is 435 g/mol. The summed E-state index contributed by atoms with van der Waals surface area (Å²) in [4.78, 5) is 29.8. The predicted molar refractivity (Wildman–Crippen MR) is 109 cm³/mol. The van der Waals surface area contributed by atoms with E-state index in [9.17, 15) is 9.59 Å². The Morgan fingerprint density at radius 2 is 2.08 bits per heavy atom. The summed E-state index contributed by atoms with van der Waals surface area (Å²) in [7, 11) is 0. The Balaban J connectivity index is 1.80. The van der Waals surface area contributed by atoms with Crippen LogP contribution >= 0.6 is 27.7 Å². The SMILES string of the molecule is Cc1cc(Br)ccc1NC(=O)C1CSc2nc(C(C)(C)C)cc(=O)n2C1. The zero-order valence-corrected chi connectivity index (χ0v) is 17.7. The van der Waals surface area contributed by atoms with E-state index in [1.165, 1.54) is 11.8 Å². The minimum Gasteiger partial charge on any atom is -0.326 e. The Labute approximate surface area is 165 Å². The van der Waals surface area contributed by atoms with Crippen LogP contribution in [0.4, 0.5) is 5.69 Å². The third-order valence-corrected chi connectivity index (χ3v) is 6.01. The molecule has 1 N–H and O–H groups in total. The second-order valence-corrected chi connectivity index (χ2v) is 9.48. The van der Waals surface area contributed by atoms with Gasteiger partial charge in [-0.2, -0.15) is 0 Å². The molecule has 138 valence electrons. The molecule has 1 amide bonds. The minimum absolute atomic E-state index is 0.0691. The lowest BCUT2D eigenvalue weighted by atomic mass is 9.92. The van der Waals surface area contributed by atoms with E-state index < -0.39 is 0 Å². The molecule has 0 saturated heterocycles. The summed E-state index contributed by atoms with van der Waals surface area (Å²) < 4.78 is 2.59. The third-order valence-electron chi connectivity index (χ3n) is 4.38. The van der Waals surface area contributed by atoms with Gasteiger partial charge in [-0.3, -0.25) is 14.2 Å². The summed E-state index contributed by atoms with van der Waals surface area (Å²) in [5, 5.41) is 3.68. The summed E-state index contributed by atoms with van der Waals surface area (Å²) >= 11 is 4.89. The first-order chi connectivity index (χ1) is 12.1. The van der Waals surface area contributed by atoms with E-state index in [0.29, 0.717) is 17.5 Å². The molecule has 1 aromatic carbocycles. The van der Waals surface area contributed by atoms with Crippen LogP contribution < -0.4 is 10.9 Å². The molecular weight excluding hydrogens is 414 g/mol. The van der Waals surface area contributed by atoms with Crippen LogP contribution in [-0.2, 0) is 16.8 Å². The normalized spacial score (nSPS) is 16.9. The topological polar surface area (TPSA) is 64.0 Å². The maximum atomic E-state index is 12.7. The Morgan fingerprint density at radius 1 is 1.35 bits per heavy atom. The molecule has 2 aromatic rings. The number of carbonyl (C=O) groups is 1. The molecule has 7 heteroatoms. The molecule has 0 fully saturated rings. The van der Waals surface area contributed by atoms with Gasteiger partial charge in [0.1, 0.15) is 0 Å². The number of rotatable bonds is 2. The van der Waals surface area contributed by atoms with Crippen molar-refractivity contribution in [2.45, 2.75) is 44.8 Å². The number of halogens is 1. The lowest BCUT2D eigenvalue weighted by Gasteiger charge is -2.26. The molecular formula is C19H22BrN3O2S. The van der Waals surface area contributed by atoms with Gasteiger partial charge in [-0.1, -0.05) is 48.5 Å². The van der Waals surface area contributed by atoms with Gasteiger partial charge in [0.2, 0.25) is 5.91 Å². The maximum absolute atomic E-state index is 12.7. The molecule has 26 heavy (non-hydrogen) atoms. The highest BCUT2D eigenvalue weighted by Gasteiger charge is 2.28. The van der Waals surface area contributed by atoms with E-state index in [1.807, 2.05) is 45.9 Å². The van der Waals surface area contributed by atoms with Crippen molar-refractivity contribution < 1.29 is 4.79 Å². The van der Waals surface area contributed by atoms with Crippen LogP contribution in [0.3, 0.4) is 0 Å². The van der Waals surface area contributed by atoms with Crippen molar-refractivity contribution in [1.82, 2.24) is 9.55 Å². The van der Waals surface area contributed by atoms with Crippen molar-refractivity contribution in [3.63, 3.8) is 0 Å². The second kappa shape index (κ2) is 7.19. The Hall–Kier alpha value is -1.60. The quantitative estimate of drug-likeness (QED) is 0.724. The first-order valence-corrected chi connectivity index (χ1v) is 10.2. The molecule has 5 nitrogen and oxygen atoms in total. The molecule has 1 aliphatic heterocycles. The minimum atomic E-state index is -0.268. The number of thioether (sulfide) groups is 1. The molecule has 1 aliphatic rings. The number of hydrogen-bond donors (Lipinski definition) is 1. The zero-order chi connectivity index (χ0) is 19.1. The molecule has 1 aromatic heterocycles. The molecule has 0 aliphatic carbocycles. The number of hydrogen-bond acceptors (Lipinski definition) is 4. The summed E-state index contributed by atoms with van der Waals surface area (Å²) in [5.41, 5.74) is 2.30. The molecule has 1 unspecified atom stereocenters. The van der Waals surface area contributed by atoms with Gasteiger partial charge < -0.3 is 5.32 Å². The number of nitrogens with one attached hydrogen (secondary N) is 1. The molecule has 0 bridgehead atoms.